The second-order valence-electron chi connectivity index (χ2n) is 7.89. The smallest absolute Gasteiger partial charge is 0.244 e. The van der Waals surface area contributed by atoms with E-state index in [2.05, 4.69) is 41.5 Å². The molecular formula is C23H27N5O3. The third-order valence-corrected chi connectivity index (χ3v) is 5.27. The molecule has 4 rings (SSSR count). The van der Waals surface area contributed by atoms with Crippen LogP contribution < -0.4 is 14.8 Å². The number of fused-ring (bicyclic) bond motifs is 1. The molecule has 0 fully saturated rings. The maximum Gasteiger partial charge on any atom is 0.244 e. The number of rotatable bonds is 7. The number of ether oxygens (including phenoxy) is 2. The summed E-state index contributed by atoms with van der Waals surface area (Å²) in [4.78, 5) is 14.0. The summed E-state index contributed by atoms with van der Waals surface area (Å²) < 4.78 is 11.3. The minimum absolute atomic E-state index is 0.00614. The lowest BCUT2D eigenvalue weighted by Gasteiger charge is -2.25. The lowest BCUT2D eigenvalue weighted by molar-refractivity contribution is -0.123. The van der Waals surface area contributed by atoms with Crippen LogP contribution in [0.25, 0.3) is 11.4 Å². The lowest BCUT2D eigenvalue weighted by Crippen LogP contribution is -2.34. The van der Waals surface area contributed by atoms with Gasteiger partial charge in [-0.25, -0.2) is 0 Å². The maximum atomic E-state index is 12.7. The molecule has 0 unspecified atom stereocenters. The second kappa shape index (κ2) is 9.16. The topological polar surface area (TPSA) is 91.2 Å². The summed E-state index contributed by atoms with van der Waals surface area (Å²) in [6.45, 7) is 7.30. The predicted molar refractivity (Wildman–Crippen MR) is 116 cm³/mol. The van der Waals surface area contributed by atoms with Crippen LogP contribution >= 0.6 is 0 Å². The first-order valence-corrected chi connectivity index (χ1v) is 10.6. The van der Waals surface area contributed by atoms with Crippen LogP contribution in [0.3, 0.4) is 0 Å². The van der Waals surface area contributed by atoms with E-state index in [4.69, 9.17) is 9.47 Å². The van der Waals surface area contributed by atoms with Crippen molar-refractivity contribution in [2.24, 2.45) is 5.92 Å². The number of tetrazole rings is 1. The van der Waals surface area contributed by atoms with Crippen LogP contribution in [0, 0.1) is 5.92 Å². The minimum Gasteiger partial charge on any atom is -0.486 e. The highest BCUT2D eigenvalue weighted by atomic mass is 16.6. The molecule has 0 radical (unpaired) electrons. The molecule has 2 heterocycles. The van der Waals surface area contributed by atoms with Gasteiger partial charge >= 0.3 is 0 Å². The van der Waals surface area contributed by atoms with E-state index >= 15 is 0 Å². The molecule has 3 aromatic rings. The molecule has 1 aliphatic heterocycles. The maximum absolute atomic E-state index is 12.7. The molecule has 0 aliphatic carbocycles. The van der Waals surface area contributed by atoms with E-state index in [1.807, 2.05) is 42.5 Å². The van der Waals surface area contributed by atoms with Gasteiger partial charge in [0.2, 0.25) is 11.7 Å². The normalized spacial score (nSPS) is 13.8. The number of nitrogens with zero attached hydrogens (tertiary/aromatic N) is 4. The number of carbonyl (C=O) groups excluding carboxylic acids is 1. The highest BCUT2D eigenvalue weighted by Crippen LogP contribution is 2.34. The average Bonchev–Trinajstić information content (AvgIpc) is 3.25. The Kier molecular flexibility index (Phi) is 6.16. The van der Waals surface area contributed by atoms with Gasteiger partial charge in [0.1, 0.15) is 19.8 Å². The van der Waals surface area contributed by atoms with Gasteiger partial charge < -0.3 is 14.8 Å². The monoisotopic (exact) mass is 421 g/mol. The highest BCUT2D eigenvalue weighted by Gasteiger charge is 2.22. The number of amides is 1. The zero-order valence-corrected chi connectivity index (χ0v) is 18.0. The standard InChI is InChI=1S/C23H27N5O3/c1-4-16-5-7-17(8-6-16)23-25-27-28(26-23)14-21(29)24-22(15(2)3)18-9-10-19-20(13-18)31-12-11-30-19/h5-10,13,15,22H,4,11-12,14H2,1-3H3,(H,24,29)/t22-/m1/s1. The molecule has 2 aromatic carbocycles. The zero-order valence-electron chi connectivity index (χ0n) is 18.0. The van der Waals surface area contributed by atoms with Crippen molar-refractivity contribution < 1.29 is 14.3 Å². The predicted octanol–water partition coefficient (Wildman–Crippen LogP) is 3.19. The Bertz CT molecular complexity index is 1050. The first-order valence-electron chi connectivity index (χ1n) is 10.6. The fourth-order valence-electron chi connectivity index (χ4n) is 3.55. The van der Waals surface area contributed by atoms with Crippen molar-refractivity contribution in [1.29, 1.82) is 0 Å². The summed E-state index contributed by atoms with van der Waals surface area (Å²) in [5.74, 6) is 1.94. The lowest BCUT2D eigenvalue weighted by atomic mass is 9.95. The van der Waals surface area contributed by atoms with Gasteiger partial charge in [0.25, 0.3) is 0 Å². The Hall–Kier alpha value is -3.42. The van der Waals surface area contributed by atoms with Gasteiger partial charge in [0.05, 0.1) is 6.04 Å². The summed E-state index contributed by atoms with van der Waals surface area (Å²) in [7, 11) is 0. The van der Waals surface area contributed by atoms with Crippen molar-refractivity contribution in [2.75, 3.05) is 13.2 Å². The van der Waals surface area contributed by atoms with Crippen molar-refractivity contribution in [2.45, 2.75) is 39.8 Å². The van der Waals surface area contributed by atoms with Gasteiger partial charge in [-0.3, -0.25) is 4.79 Å². The molecule has 0 bridgehead atoms. The third kappa shape index (κ3) is 4.84. The minimum atomic E-state index is -0.182. The summed E-state index contributed by atoms with van der Waals surface area (Å²) >= 11 is 0. The number of benzene rings is 2. The zero-order chi connectivity index (χ0) is 21.8. The van der Waals surface area contributed by atoms with Crippen molar-refractivity contribution in [1.82, 2.24) is 25.5 Å². The van der Waals surface area contributed by atoms with Crippen molar-refractivity contribution in [3.63, 3.8) is 0 Å². The van der Waals surface area contributed by atoms with Crippen LogP contribution in [0.1, 0.15) is 37.9 Å². The Labute approximate surface area is 181 Å². The van der Waals surface area contributed by atoms with Crippen molar-refractivity contribution in [3.05, 3.63) is 53.6 Å². The summed E-state index contributed by atoms with van der Waals surface area (Å²) in [6, 6.07) is 13.6. The van der Waals surface area contributed by atoms with Crippen LogP contribution in [0.2, 0.25) is 0 Å². The molecule has 31 heavy (non-hydrogen) atoms. The molecule has 1 aromatic heterocycles. The molecule has 1 N–H and O–H groups in total. The molecule has 8 heteroatoms. The molecule has 0 saturated carbocycles. The van der Waals surface area contributed by atoms with Gasteiger partial charge in [0, 0.05) is 5.56 Å². The van der Waals surface area contributed by atoms with Gasteiger partial charge in [0.15, 0.2) is 11.5 Å². The second-order valence-corrected chi connectivity index (χ2v) is 7.89. The Morgan fingerprint density at radius 1 is 1.10 bits per heavy atom. The van der Waals surface area contributed by atoms with Crippen molar-refractivity contribution in [3.8, 4) is 22.9 Å². The molecule has 0 spiro atoms. The van der Waals surface area contributed by atoms with Crippen molar-refractivity contribution >= 4 is 5.91 Å². The molecule has 0 saturated heterocycles. The average molecular weight is 422 g/mol. The number of hydrogen-bond acceptors (Lipinski definition) is 6. The molecule has 8 nitrogen and oxygen atoms in total. The molecule has 1 aliphatic rings. The first-order chi connectivity index (χ1) is 15.0. The van der Waals surface area contributed by atoms with E-state index < -0.39 is 0 Å². The van der Waals surface area contributed by atoms with E-state index in [9.17, 15) is 4.79 Å². The van der Waals surface area contributed by atoms with Crippen LogP contribution in [-0.4, -0.2) is 39.3 Å². The van der Waals surface area contributed by atoms with Gasteiger partial charge in [-0.05, 0) is 40.8 Å². The highest BCUT2D eigenvalue weighted by molar-refractivity contribution is 5.76. The van der Waals surface area contributed by atoms with E-state index in [0.29, 0.717) is 24.8 Å². The molecular weight excluding hydrogens is 394 g/mol. The van der Waals surface area contributed by atoms with Crippen LogP contribution in [0.15, 0.2) is 42.5 Å². The van der Waals surface area contributed by atoms with Gasteiger partial charge in [-0.2, -0.15) is 4.80 Å². The van der Waals surface area contributed by atoms with E-state index in [1.165, 1.54) is 10.4 Å². The summed E-state index contributed by atoms with van der Waals surface area (Å²) in [5.41, 5.74) is 3.09. The Morgan fingerprint density at radius 2 is 1.84 bits per heavy atom. The van der Waals surface area contributed by atoms with Crippen LogP contribution in [0.4, 0.5) is 0 Å². The molecule has 1 amide bonds. The largest absolute Gasteiger partial charge is 0.486 e. The van der Waals surface area contributed by atoms with Crippen LogP contribution in [-0.2, 0) is 17.8 Å². The quantitative estimate of drug-likeness (QED) is 0.630. The van der Waals surface area contributed by atoms with E-state index in [1.54, 1.807) is 0 Å². The van der Waals surface area contributed by atoms with Gasteiger partial charge in [-0.15, -0.1) is 10.2 Å². The van der Waals surface area contributed by atoms with Crippen LogP contribution in [0.5, 0.6) is 11.5 Å². The Balaban J connectivity index is 1.43. The number of nitrogens with one attached hydrogen (secondary N) is 1. The van der Waals surface area contributed by atoms with E-state index in [0.717, 1.165) is 23.3 Å². The number of aryl methyl sites for hydroxylation is 1. The summed E-state index contributed by atoms with van der Waals surface area (Å²) in [5, 5.41) is 15.6. The van der Waals surface area contributed by atoms with E-state index in [-0.39, 0.29) is 24.4 Å². The fourth-order valence-corrected chi connectivity index (χ4v) is 3.55. The molecule has 162 valence electrons. The molecule has 1 atom stereocenters. The third-order valence-electron chi connectivity index (χ3n) is 5.27. The summed E-state index contributed by atoms with van der Waals surface area (Å²) in [6.07, 6.45) is 0.973. The SMILES string of the molecule is CCc1ccc(-c2nnn(CC(=O)N[C@@H](c3ccc4c(c3)OCCO4)C(C)C)n2)cc1. The Morgan fingerprint density at radius 3 is 2.55 bits per heavy atom. The number of hydrogen-bond donors (Lipinski definition) is 1. The number of carbonyl (C=O) groups is 1. The van der Waals surface area contributed by atoms with Gasteiger partial charge in [-0.1, -0.05) is 51.1 Å². The fraction of sp³-hybridized carbons (Fsp3) is 0.391. The number of aromatic nitrogens is 4. The first kappa shape index (κ1) is 20.8.